The van der Waals surface area contributed by atoms with Crippen LogP contribution in [0.3, 0.4) is 0 Å². The number of benzene rings is 2. The Morgan fingerprint density at radius 2 is 1.76 bits per heavy atom. The summed E-state index contributed by atoms with van der Waals surface area (Å²) < 4.78 is 5.91. The van der Waals surface area contributed by atoms with Gasteiger partial charge in [0.25, 0.3) is 5.91 Å². The Bertz CT molecular complexity index is 1170. The highest BCUT2D eigenvalue weighted by Crippen LogP contribution is 2.19. The van der Waals surface area contributed by atoms with Crippen molar-refractivity contribution in [2.24, 2.45) is 0 Å². The fourth-order valence-corrected chi connectivity index (χ4v) is 4.63. The summed E-state index contributed by atoms with van der Waals surface area (Å²) >= 11 is 0. The van der Waals surface area contributed by atoms with Crippen LogP contribution in [-0.2, 0) is 20.8 Å². The standard InChI is InChI=1S/C31H42N4O6/c1-3-18-32-30(39)25-16-17-28(37)33-26(21-22-12-14-23(36)15-13-22)31(40)35(2)19-8-4-5-9-20-41-27-11-7-6-10-24(27)29(38)34-25/h6-7,10-15,25-26,36H,3-5,8-9,16-21H2,1-2H3,(H,32,39)(H,33,37)(H,34,38)/t25-,26-/m0/s1. The fraction of sp³-hybridized carbons (Fsp3) is 0.484. The Kier molecular flexibility index (Phi) is 12.5. The molecular weight excluding hydrogens is 524 g/mol. The van der Waals surface area contributed by atoms with Crippen LogP contribution in [0.25, 0.3) is 0 Å². The van der Waals surface area contributed by atoms with Crippen molar-refractivity contribution in [1.29, 1.82) is 0 Å². The molecule has 222 valence electrons. The molecule has 2 aromatic carbocycles. The summed E-state index contributed by atoms with van der Waals surface area (Å²) in [5.74, 6) is -0.903. The summed E-state index contributed by atoms with van der Waals surface area (Å²) in [5.41, 5.74) is 1.11. The van der Waals surface area contributed by atoms with E-state index in [1.54, 1.807) is 60.5 Å². The lowest BCUT2D eigenvalue weighted by atomic mass is 10.0. The number of nitrogens with one attached hydrogen (secondary N) is 3. The van der Waals surface area contributed by atoms with Gasteiger partial charge in [0.15, 0.2) is 0 Å². The molecule has 41 heavy (non-hydrogen) atoms. The van der Waals surface area contributed by atoms with E-state index >= 15 is 0 Å². The molecule has 4 N–H and O–H groups in total. The number of likely N-dealkylation sites (N-methyl/N-ethyl adjacent to an activating group) is 1. The maximum absolute atomic E-state index is 13.4. The summed E-state index contributed by atoms with van der Waals surface area (Å²) in [4.78, 5) is 54.3. The van der Waals surface area contributed by atoms with Crippen molar-refractivity contribution in [2.45, 2.75) is 70.4 Å². The number of fused-ring (bicyclic) bond motifs is 1. The van der Waals surface area contributed by atoms with Crippen molar-refractivity contribution in [3.8, 4) is 11.5 Å². The molecular formula is C31H42N4O6. The summed E-state index contributed by atoms with van der Waals surface area (Å²) in [6.07, 6.45) is 4.32. The first-order valence-electron chi connectivity index (χ1n) is 14.4. The third kappa shape index (κ3) is 10.1. The Morgan fingerprint density at radius 1 is 1.02 bits per heavy atom. The highest BCUT2D eigenvalue weighted by molar-refractivity contribution is 5.99. The van der Waals surface area contributed by atoms with E-state index < -0.39 is 23.9 Å². The first-order chi connectivity index (χ1) is 19.8. The molecule has 0 aliphatic carbocycles. The molecule has 2 aromatic rings. The Morgan fingerprint density at radius 3 is 2.51 bits per heavy atom. The number of phenols is 1. The molecule has 3 rings (SSSR count). The van der Waals surface area contributed by atoms with Crippen molar-refractivity contribution in [3.63, 3.8) is 0 Å². The first kappa shape index (κ1) is 31.4. The molecule has 4 amide bonds. The summed E-state index contributed by atoms with van der Waals surface area (Å²) in [6.45, 7) is 3.34. The van der Waals surface area contributed by atoms with Gasteiger partial charge >= 0.3 is 0 Å². The van der Waals surface area contributed by atoms with Crippen LogP contribution in [0.2, 0.25) is 0 Å². The second-order valence-electron chi connectivity index (χ2n) is 10.4. The Balaban J connectivity index is 1.82. The molecule has 1 heterocycles. The number of ether oxygens (including phenoxy) is 1. The molecule has 0 bridgehead atoms. The van der Waals surface area contributed by atoms with Crippen LogP contribution in [0.4, 0.5) is 0 Å². The second kappa shape index (κ2) is 16.2. The van der Waals surface area contributed by atoms with Gasteiger partial charge in [-0.25, -0.2) is 0 Å². The van der Waals surface area contributed by atoms with E-state index in [0.717, 1.165) is 37.7 Å². The number of aromatic hydroxyl groups is 1. The summed E-state index contributed by atoms with van der Waals surface area (Å²) in [7, 11) is 1.73. The van der Waals surface area contributed by atoms with Gasteiger partial charge in [0.1, 0.15) is 23.6 Å². The van der Waals surface area contributed by atoms with Crippen LogP contribution in [0.1, 0.15) is 67.8 Å². The average Bonchev–Trinajstić information content (AvgIpc) is 2.97. The smallest absolute Gasteiger partial charge is 0.255 e. The van der Waals surface area contributed by atoms with E-state index in [1.165, 1.54) is 0 Å². The van der Waals surface area contributed by atoms with Gasteiger partial charge in [0.05, 0.1) is 12.2 Å². The molecule has 1 aliphatic rings. The molecule has 0 radical (unpaired) electrons. The third-order valence-corrected chi connectivity index (χ3v) is 6.99. The monoisotopic (exact) mass is 566 g/mol. The van der Waals surface area contributed by atoms with Gasteiger partial charge < -0.3 is 30.7 Å². The zero-order valence-electron chi connectivity index (χ0n) is 24.0. The number of hydrogen-bond acceptors (Lipinski definition) is 6. The number of nitrogens with zero attached hydrogens (tertiary/aromatic N) is 1. The number of carbonyl (C=O) groups excluding carboxylic acids is 4. The maximum Gasteiger partial charge on any atom is 0.255 e. The number of phenolic OH excluding ortho intramolecular Hbond substituents is 1. The Labute approximate surface area is 241 Å². The summed E-state index contributed by atoms with van der Waals surface area (Å²) in [6, 6.07) is 11.6. The molecule has 0 unspecified atom stereocenters. The van der Waals surface area contributed by atoms with Gasteiger partial charge in [-0.3, -0.25) is 19.2 Å². The SMILES string of the molecule is CCCNC(=O)[C@@H]1CCC(=O)N[C@@H](Cc2ccc(O)cc2)C(=O)N(C)CCCCCCOc2ccccc2C(=O)N1. The molecule has 1 aliphatic heterocycles. The van der Waals surface area contributed by atoms with Crippen molar-refractivity contribution < 1.29 is 29.0 Å². The lowest BCUT2D eigenvalue weighted by molar-refractivity contribution is -0.135. The zero-order valence-corrected chi connectivity index (χ0v) is 24.0. The minimum atomic E-state index is -0.955. The van der Waals surface area contributed by atoms with Gasteiger partial charge in [0.2, 0.25) is 17.7 Å². The molecule has 10 heteroatoms. The van der Waals surface area contributed by atoms with E-state index in [1.807, 2.05) is 6.92 Å². The van der Waals surface area contributed by atoms with Crippen LogP contribution in [-0.4, -0.2) is 72.5 Å². The highest BCUT2D eigenvalue weighted by atomic mass is 16.5. The predicted octanol–water partition coefficient (Wildman–Crippen LogP) is 2.94. The topological polar surface area (TPSA) is 137 Å². The Hall–Kier alpha value is -4.08. The molecule has 10 nitrogen and oxygen atoms in total. The van der Waals surface area contributed by atoms with Gasteiger partial charge in [0, 0.05) is 33.0 Å². The van der Waals surface area contributed by atoms with Crippen molar-refractivity contribution in [1.82, 2.24) is 20.9 Å². The molecule has 0 saturated carbocycles. The van der Waals surface area contributed by atoms with Gasteiger partial charge in [-0.15, -0.1) is 0 Å². The number of amides is 4. The quantitative estimate of drug-likeness (QED) is 0.439. The second-order valence-corrected chi connectivity index (χ2v) is 10.4. The molecule has 2 atom stereocenters. The predicted molar refractivity (Wildman–Crippen MR) is 156 cm³/mol. The van der Waals surface area contributed by atoms with E-state index in [-0.39, 0.29) is 36.8 Å². The van der Waals surface area contributed by atoms with Crippen LogP contribution in [0.15, 0.2) is 48.5 Å². The average molecular weight is 567 g/mol. The van der Waals surface area contributed by atoms with E-state index in [2.05, 4.69) is 16.0 Å². The lowest BCUT2D eigenvalue weighted by Crippen LogP contribution is -2.50. The largest absolute Gasteiger partial charge is 0.508 e. The van der Waals surface area contributed by atoms with E-state index in [4.69, 9.17) is 4.74 Å². The number of hydrogen-bond donors (Lipinski definition) is 4. The van der Waals surface area contributed by atoms with Crippen LogP contribution in [0.5, 0.6) is 11.5 Å². The van der Waals surface area contributed by atoms with Crippen molar-refractivity contribution in [2.75, 3.05) is 26.7 Å². The van der Waals surface area contributed by atoms with Crippen LogP contribution < -0.4 is 20.7 Å². The van der Waals surface area contributed by atoms with Gasteiger partial charge in [-0.1, -0.05) is 44.0 Å². The van der Waals surface area contributed by atoms with Gasteiger partial charge in [-0.05, 0) is 55.5 Å². The van der Waals surface area contributed by atoms with E-state index in [9.17, 15) is 24.3 Å². The first-order valence-corrected chi connectivity index (χ1v) is 14.4. The van der Waals surface area contributed by atoms with Crippen LogP contribution >= 0.6 is 0 Å². The van der Waals surface area contributed by atoms with Crippen molar-refractivity contribution in [3.05, 3.63) is 59.7 Å². The summed E-state index contributed by atoms with van der Waals surface area (Å²) in [5, 5.41) is 18.1. The molecule has 0 saturated heterocycles. The number of para-hydroxylation sites is 1. The minimum Gasteiger partial charge on any atom is -0.508 e. The zero-order chi connectivity index (χ0) is 29.6. The van der Waals surface area contributed by atoms with Crippen LogP contribution in [0, 0.1) is 0 Å². The lowest BCUT2D eigenvalue weighted by Gasteiger charge is -2.25. The van der Waals surface area contributed by atoms with E-state index in [0.29, 0.717) is 31.0 Å². The molecule has 0 fully saturated rings. The minimum absolute atomic E-state index is 0.0477. The van der Waals surface area contributed by atoms with Gasteiger partial charge in [-0.2, -0.15) is 0 Å². The fourth-order valence-electron chi connectivity index (χ4n) is 4.63. The normalized spacial score (nSPS) is 19.9. The third-order valence-electron chi connectivity index (χ3n) is 6.99. The number of rotatable bonds is 5. The maximum atomic E-state index is 13.4. The number of carbonyl (C=O) groups is 4. The molecule has 0 spiro atoms. The highest BCUT2D eigenvalue weighted by Gasteiger charge is 2.27. The molecule has 0 aromatic heterocycles. The van der Waals surface area contributed by atoms with Crippen molar-refractivity contribution >= 4 is 23.6 Å².